The number of rotatable bonds is 10. The van der Waals surface area contributed by atoms with E-state index in [2.05, 4.69) is 6.92 Å². The van der Waals surface area contributed by atoms with Crippen molar-refractivity contribution in [3.05, 3.63) is 48.0 Å². The number of benzene rings is 1. The molecule has 0 heterocycles. The second-order valence-electron chi connectivity index (χ2n) is 7.22. The van der Waals surface area contributed by atoms with E-state index in [1.165, 1.54) is 0 Å². The van der Waals surface area contributed by atoms with Gasteiger partial charge in [-0.2, -0.15) is 0 Å². The van der Waals surface area contributed by atoms with Crippen molar-refractivity contribution in [2.75, 3.05) is 0 Å². The van der Waals surface area contributed by atoms with Gasteiger partial charge >= 0.3 is 5.97 Å². The van der Waals surface area contributed by atoms with Crippen molar-refractivity contribution in [2.24, 2.45) is 11.8 Å². The molecule has 1 aromatic carbocycles. The molecule has 5 heteroatoms. The molecule has 1 aliphatic rings. The molecule has 2 N–H and O–H groups in total. The summed E-state index contributed by atoms with van der Waals surface area (Å²) in [5.41, 5.74) is 0.885. The lowest BCUT2D eigenvalue weighted by atomic mass is 9.90. The largest absolute Gasteiger partial charge is 0.461 e. The zero-order chi connectivity index (χ0) is 19.6. The third kappa shape index (κ3) is 6.92. The maximum absolute atomic E-state index is 12.2. The van der Waals surface area contributed by atoms with Crippen LogP contribution in [-0.4, -0.2) is 34.2 Å². The third-order valence-electron chi connectivity index (χ3n) is 5.02. The zero-order valence-corrected chi connectivity index (χ0v) is 15.9. The molecule has 0 saturated heterocycles. The smallest absolute Gasteiger partial charge is 0.306 e. The van der Waals surface area contributed by atoms with Crippen LogP contribution in [0.2, 0.25) is 0 Å². The van der Waals surface area contributed by atoms with Gasteiger partial charge in [-0.05, 0) is 12.0 Å². The zero-order valence-electron chi connectivity index (χ0n) is 15.9. The van der Waals surface area contributed by atoms with Crippen molar-refractivity contribution in [3.8, 4) is 0 Å². The van der Waals surface area contributed by atoms with Crippen molar-refractivity contribution in [1.82, 2.24) is 0 Å². The minimum Gasteiger partial charge on any atom is -0.461 e. The van der Waals surface area contributed by atoms with Crippen molar-refractivity contribution >= 4 is 11.8 Å². The van der Waals surface area contributed by atoms with E-state index in [1.807, 2.05) is 30.3 Å². The molecule has 4 atom stereocenters. The first-order valence-corrected chi connectivity index (χ1v) is 9.78. The van der Waals surface area contributed by atoms with Gasteiger partial charge in [0, 0.05) is 18.3 Å². The van der Waals surface area contributed by atoms with Gasteiger partial charge in [0.05, 0.1) is 18.6 Å². The average Bonchev–Trinajstić information content (AvgIpc) is 2.92. The predicted octanol–water partition coefficient (Wildman–Crippen LogP) is 3.18. The van der Waals surface area contributed by atoms with Crippen LogP contribution in [0.15, 0.2) is 42.5 Å². The Morgan fingerprint density at radius 3 is 2.74 bits per heavy atom. The molecule has 1 aromatic rings. The van der Waals surface area contributed by atoms with E-state index in [0.29, 0.717) is 6.42 Å². The normalized spacial score (nSPS) is 23.7. The molecule has 0 spiro atoms. The van der Waals surface area contributed by atoms with Crippen LogP contribution in [0.4, 0.5) is 0 Å². The second-order valence-corrected chi connectivity index (χ2v) is 7.22. The molecule has 0 aromatic heterocycles. The Hall–Kier alpha value is -1.98. The number of aliphatic hydroxyl groups excluding tert-OH is 2. The topological polar surface area (TPSA) is 83.8 Å². The number of ether oxygens (including phenoxy) is 1. The molecule has 5 nitrogen and oxygen atoms in total. The highest BCUT2D eigenvalue weighted by Crippen LogP contribution is 2.33. The standard InChI is InChI=1S/C22H30O5/c1-2-3-5-10-17(23)11-12-18-19(21(25)14-20(18)24)13-22(26)27-15-16-8-6-4-7-9-16/h4,6-9,11-12,17-20,23-24H,2-3,5,10,13-15H2,1H3/t17-,18+,19+,20+/m0/s1. The SMILES string of the molecule is CCCCC[C@H](O)C=C[C@H]1[C@H](O)CC(=O)[C@@H]1CC(=O)OCc1ccccc1. The maximum atomic E-state index is 12.2. The van der Waals surface area contributed by atoms with Crippen LogP contribution < -0.4 is 0 Å². The van der Waals surface area contributed by atoms with Crippen molar-refractivity contribution < 1.29 is 24.5 Å². The molecular weight excluding hydrogens is 344 g/mol. The highest BCUT2D eigenvalue weighted by molar-refractivity contribution is 5.88. The van der Waals surface area contributed by atoms with Gasteiger partial charge in [-0.1, -0.05) is 68.7 Å². The Labute approximate surface area is 161 Å². The van der Waals surface area contributed by atoms with Gasteiger partial charge in [0.2, 0.25) is 0 Å². The highest BCUT2D eigenvalue weighted by Gasteiger charge is 2.41. The van der Waals surface area contributed by atoms with Crippen LogP contribution in [0.3, 0.4) is 0 Å². The minimum atomic E-state index is -0.816. The summed E-state index contributed by atoms with van der Waals surface area (Å²) in [5, 5.41) is 20.2. The molecular formula is C22H30O5. The summed E-state index contributed by atoms with van der Waals surface area (Å²) in [6.07, 6.45) is 5.65. The van der Waals surface area contributed by atoms with E-state index in [0.717, 1.165) is 24.8 Å². The van der Waals surface area contributed by atoms with Crippen molar-refractivity contribution in [2.45, 2.75) is 64.3 Å². The lowest BCUT2D eigenvalue weighted by Gasteiger charge is -2.17. The van der Waals surface area contributed by atoms with Crippen LogP contribution in [-0.2, 0) is 20.9 Å². The number of Topliss-reactive ketones (excluding diaryl/α,β-unsaturated/α-hetero) is 1. The molecule has 1 saturated carbocycles. The van der Waals surface area contributed by atoms with Crippen molar-refractivity contribution in [1.29, 1.82) is 0 Å². The molecule has 148 valence electrons. The molecule has 1 aliphatic carbocycles. The Morgan fingerprint density at radius 2 is 2.04 bits per heavy atom. The molecule has 1 fully saturated rings. The summed E-state index contributed by atoms with van der Waals surface area (Å²) in [6, 6.07) is 9.35. The van der Waals surface area contributed by atoms with E-state index in [9.17, 15) is 19.8 Å². The number of esters is 1. The maximum Gasteiger partial charge on any atom is 0.306 e. The predicted molar refractivity (Wildman–Crippen MR) is 103 cm³/mol. The monoisotopic (exact) mass is 374 g/mol. The summed E-state index contributed by atoms with van der Waals surface area (Å²) >= 11 is 0. The molecule has 0 amide bonds. The molecule has 2 rings (SSSR count). The number of unbranched alkanes of at least 4 members (excludes halogenated alkanes) is 2. The van der Waals surface area contributed by atoms with Gasteiger partial charge in [-0.25, -0.2) is 0 Å². The minimum absolute atomic E-state index is 0.0393. The van der Waals surface area contributed by atoms with Gasteiger partial charge < -0.3 is 14.9 Å². The van der Waals surface area contributed by atoms with Gasteiger partial charge in [0.1, 0.15) is 12.4 Å². The van der Waals surface area contributed by atoms with Gasteiger partial charge in [-0.15, -0.1) is 0 Å². The average molecular weight is 374 g/mol. The number of carbonyl (C=O) groups excluding carboxylic acids is 2. The first kappa shape index (κ1) is 21.3. The summed E-state index contributed by atoms with van der Waals surface area (Å²) in [6.45, 7) is 2.27. The van der Waals surface area contributed by atoms with Gasteiger partial charge in [-0.3, -0.25) is 9.59 Å². The number of carbonyl (C=O) groups is 2. The quantitative estimate of drug-likeness (QED) is 0.373. The van der Waals surface area contributed by atoms with Crippen LogP contribution >= 0.6 is 0 Å². The molecule has 0 radical (unpaired) electrons. The number of hydrogen-bond acceptors (Lipinski definition) is 5. The summed E-state index contributed by atoms with van der Waals surface area (Å²) in [4.78, 5) is 24.3. The van der Waals surface area contributed by atoms with E-state index in [4.69, 9.17) is 4.74 Å². The first-order chi connectivity index (χ1) is 13.0. The summed E-state index contributed by atoms with van der Waals surface area (Å²) < 4.78 is 5.27. The van der Waals surface area contributed by atoms with Crippen LogP contribution in [0.5, 0.6) is 0 Å². The second kappa shape index (κ2) is 11.0. The fraction of sp³-hybridized carbons (Fsp3) is 0.545. The number of aliphatic hydroxyl groups is 2. The van der Waals surface area contributed by atoms with Crippen molar-refractivity contribution in [3.63, 3.8) is 0 Å². The summed E-state index contributed by atoms with van der Waals surface area (Å²) in [7, 11) is 0. The lowest BCUT2D eigenvalue weighted by Crippen LogP contribution is -2.23. The Kier molecular flexibility index (Phi) is 8.69. The highest BCUT2D eigenvalue weighted by atomic mass is 16.5. The van der Waals surface area contributed by atoms with E-state index >= 15 is 0 Å². The number of ketones is 1. The number of hydrogen-bond donors (Lipinski definition) is 2. The van der Waals surface area contributed by atoms with Gasteiger partial charge in [0.15, 0.2) is 0 Å². The third-order valence-corrected chi connectivity index (χ3v) is 5.02. The van der Waals surface area contributed by atoms with E-state index < -0.39 is 30.0 Å². The lowest BCUT2D eigenvalue weighted by molar-refractivity contribution is -0.147. The first-order valence-electron chi connectivity index (χ1n) is 9.78. The Bertz CT molecular complexity index is 625. The Morgan fingerprint density at radius 1 is 1.30 bits per heavy atom. The van der Waals surface area contributed by atoms with Crippen LogP contribution in [0.25, 0.3) is 0 Å². The van der Waals surface area contributed by atoms with E-state index in [-0.39, 0.29) is 25.2 Å². The van der Waals surface area contributed by atoms with Crippen LogP contribution in [0, 0.1) is 11.8 Å². The van der Waals surface area contributed by atoms with Crippen LogP contribution in [0.1, 0.15) is 51.0 Å². The summed E-state index contributed by atoms with van der Waals surface area (Å²) in [5.74, 6) is -1.63. The fourth-order valence-corrected chi connectivity index (χ4v) is 3.42. The Balaban J connectivity index is 1.88. The van der Waals surface area contributed by atoms with E-state index in [1.54, 1.807) is 12.2 Å². The molecule has 27 heavy (non-hydrogen) atoms. The fourth-order valence-electron chi connectivity index (χ4n) is 3.42. The molecule has 0 bridgehead atoms. The van der Waals surface area contributed by atoms with Gasteiger partial charge in [0.25, 0.3) is 0 Å². The molecule has 0 aliphatic heterocycles. The molecule has 0 unspecified atom stereocenters.